The highest BCUT2D eigenvalue weighted by atomic mass is 32.1. The van der Waals surface area contributed by atoms with Gasteiger partial charge in [-0.05, 0) is 24.6 Å². The summed E-state index contributed by atoms with van der Waals surface area (Å²) < 4.78 is 27.8. The van der Waals surface area contributed by atoms with E-state index in [4.69, 9.17) is 0 Å². The largest absolute Gasteiger partial charge is 0.332 e. The number of fused-ring (bicyclic) bond motifs is 1. The molecule has 2 aromatic carbocycles. The van der Waals surface area contributed by atoms with Crippen LogP contribution in [0.2, 0.25) is 0 Å². The Morgan fingerprint density at radius 2 is 1.97 bits per heavy atom. The lowest BCUT2D eigenvalue weighted by Crippen LogP contribution is -2.29. The number of rotatable bonds is 4. The Bertz CT molecular complexity index is 1320. The predicted molar refractivity (Wildman–Crippen MR) is 110 cm³/mol. The molecular formula is C20H15F2N5O2S. The molecule has 2 aromatic heterocycles. The van der Waals surface area contributed by atoms with E-state index in [1.807, 2.05) is 31.2 Å². The van der Waals surface area contributed by atoms with E-state index >= 15 is 0 Å². The molecule has 0 atom stereocenters. The van der Waals surface area contributed by atoms with Crippen molar-refractivity contribution in [3.63, 3.8) is 0 Å². The lowest BCUT2D eigenvalue weighted by Gasteiger charge is -2.08. The Balaban J connectivity index is 1.51. The smallest absolute Gasteiger partial charge is 0.319 e. The summed E-state index contributed by atoms with van der Waals surface area (Å²) in [5, 5.41) is 9.77. The second kappa shape index (κ2) is 7.99. The number of urea groups is 1. The first kappa shape index (κ1) is 19.6. The minimum Gasteiger partial charge on any atom is -0.332 e. The van der Waals surface area contributed by atoms with Gasteiger partial charge in [-0.1, -0.05) is 35.6 Å². The Kier molecular flexibility index (Phi) is 5.23. The molecule has 30 heavy (non-hydrogen) atoms. The zero-order valence-electron chi connectivity index (χ0n) is 15.6. The molecule has 0 bridgehead atoms. The van der Waals surface area contributed by atoms with Crippen molar-refractivity contribution < 1.29 is 13.6 Å². The van der Waals surface area contributed by atoms with Gasteiger partial charge in [0.05, 0.1) is 17.9 Å². The molecule has 10 heteroatoms. The average Bonchev–Trinajstić information content (AvgIpc) is 3.13. The zero-order chi connectivity index (χ0) is 21.3. The van der Waals surface area contributed by atoms with E-state index < -0.39 is 17.7 Å². The first-order valence-electron chi connectivity index (χ1n) is 8.86. The number of aryl methyl sites for hydroxylation is 1. The van der Waals surface area contributed by atoms with Gasteiger partial charge in [-0.25, -0.2) is 18.6 Å². The van der Waals surface area contributed by atoms with Crippen LogP contribution in [0.4, 0.5) is 19.3 Å². The molecule has 0 aliphatic heterocycles. The molecule has 0 aliphatic rings. The van der Waals surface area contributed by atoms with E-state index in [-0.39, 0.29) is 17.8 Å². The molecule has 0 spiro atoms. The van der Waals surface area contributed by atoms with E-state index in [9.17, 15) is 18.4 Å². The third kappa shape index (κ3) is 4.03. The number of nitrogens with one attached hydrogen (secondary N) is 2. The van der Waals surface area contributed by atoms with Crippen LogP contribution in [0.5, 0.6) is 0 Å². The average molecular weight is 427 g/mol. The topological polar surface area (TPSA) is 88.4 Å². The predicted octanol–water partition coefficient (Wildman–Crippen LogP) is 3.73. The van der Waals surface area contributed by atoms with Crippen molar-refractivity contribution in [1.82, 2.24) is 19.9 Å². The minimum atomic E-state index is -0.892. The summed E-state index contributed by atoms with van der Waals surface area (Å²) in [7, 11) is 0. The van der Waals surface area contributed by atoms with Crippen molar-refractivity contribution in [3.8, 4) is 10.6 Å². The highest BCUT2D eigenvalue weighted by molar-refractivity contribution is 7.19. The minimum absolute atomic E-state index is 0.0576. The third-order valence-corrected chi connectivity index (χ3v) is 5.22. The maximum atomic E-state index is 13.6. The monoisotopic (exact) mass is 427 g/mol. The highest BCUT2D eigenvalue weighted by Crippen LogP contribution is 2.26. The van der Waals surface area contributed by atoms with Crippen LogP contribution in [0.3, 0.4) is 0 Å². The van der Waals surface area contributed by atoms with Gasteiger partial charge in [0.1, 0.15) is 16.6 Å². The van der Waals surface area contributed by atoms with Crippen molar-refractivity contribution >= 4 is 28.0 Å². The molecule has 0 unspecified atom stereocenters. The molecule has 2 heterocycles. The first-order chi connectivity index (χ1) is 14.4. The maximum absolute atomic E-state index is 13.6. The summed E-state index contributed by atoms with van der Waals surface area (Å²) in [6.07, 6.45) is 0. The van der Waals surface area contributed by atoms with Gasteiger partial charge in [0.2, 0.25) is 4.96 Å². The fourth-order valence-corrected chi connectivity index (χ4v) is 3.81. The number of benzene rings is 2. The lowest BCUT2D eigenvalue weighted by molar-refractivity contribution is 0.251. The molecule has 2 N–H and O–H groups in total. The van der Waals surface area contributed by atoms with Gasteiger partial charge in [-0.15, -0.1) is 0 Å². The summed E-state index contributed by atoms with van der Waals surface area (Å²) in [6, 6.07) is 11.1. The summed E-state index contributed by atoms with van der Waals surface area (Å²) >= 11 is 1.26. The van der Waals surface area contributed by atoms with E-state index in [2.05, 4.69) is 20.7 Å². The molecular weight excluding hydrogens is 412 g/mol. The molecule has 7 nitrogen and oxygen atoms in total. The number of hydrogen-bond acceptors (Lipinski definition) is 5. The lowest BCUT2D eigenvalue weighted by atomic mass is 10.1. The maximum Gasteiger partial charge on any atom is 0.319 e. The fraction of sp³-hybridized carbons (Fsp3) is 0.100. The van der Waals surface area contributed by atoms with Gasteiger partial charge in [-0.2, -0.15) is 9.61 Å². The van der Waals surface area contributed by atoms with Gasteiger partial charge >= 0.3 is 6.03 Å². The Labute approximate surface area is 173 Å². The standard InChI is InChI=1S/C20H15F2N5O2S/c1-11-4-2-3-5-14(11)18-26-27-17(28)9-13(24-20(27)30-18)10-23-19(29)25-16-7-6-12(21)8-15(16)22/h2-9H,10H2,1H3,(H2,23,25,29). The Morgan fingerprint density at radius 3 is 2.73 bits per heavy atom. The number of carbonyl (C=O) groups excluding carboxylic acids is 1. The molecule has 0 fully saturated rings. The van der Waals surface area contributed by atoms with Crippen LogP contribution in [0, 0.1) is 18.6 Å². The van der Waals surface area contributed by atoms with E-state index in [0.29, 0.717) is 21.7 Å². The Hall–Kier alpha value is -3.66. The van der Waals surface area contributed by atoms with Gasteiger partial charge in [0.15, 0.2) is 0 Å². The summed E-state index contributed by atoms with van der Waals surface area (Å²) in [4.78, 5) is 29.2. The number of aromatic nitrogens is 3. The van der Waals surface area contributed by atoms with Crippen LogP contribution in [0.25, 0.3) is 15.5 Å². The second-order valence-corrected chi connectivity index (χ2v) is 7.39. The molecule has 0 aliphatic carbocycles. The number of carbonyl (C=O) groups is 1. The van der Waals surface area contributed by atoms with Crippen LogP contribution < -0.4 is 16.2 Å². The van der Waals surface area contributed by atoms with Crippen LogP contribution in [-0.4, -0.2) is 20.6 Å². The van der Waals surface area contributed by atoms with E-state index in [1.54, 1.807) is 0 Å². The molecule has 2 amide bonds. The van der Waals surface area contributed by atoms with Gasteiger partial charge < -0.3 is 10.6 Å². The third-order valence-electron chi connectivity index (χ3n) is 4.28. The second-order valence-electron chi connectivity index (χ2n) is 6.43. The van der Waals surface area contributed by atoms with Gasteiger partial charge in [0.25, 0.3) is 5.56 Å². The zero-order valence-corrected chi connectivity index (χ0v) is 16.5. The van der Waals surface area contributed by atoms with Crippen molar-refractivity contribution in [2.24, 2.45) is 0 Å². The van der Waals surface area contributed by atoms with Crippen molar-refractivity contribution in [1.29, 1.82) is 0 Å². The van der Waals surface area contributed by atoms with Crippen LogP contribution in [-0.2, 0) is 6.54 Å². The molecule has 152 valence electrons. The van der Waals surface area contributed by atoms with E-state index in [1.165, 1.54) is 21.9 Å². The first-order valence-corrected chi connectivity index (χ1v) is 9.68. The summed E-state index contributed by atoms with van der Waals surface area (Å²) in [6.45, 7) is 1.90. The number of nitrogens with zero attached hydrogens (tertiary/aromatic N) is 3. The van der Waals surface area contributed by atoms with Crippen LogP contribution in [0.15, 0.2) is 53.3 Å². The van der Waals surface area contributed by atoms with Gasteiger partial charge in [-0.3, -0.25) is 4.79 Å². The highest BCUT2D eigenvalue weighted by Gasteiger charge is 2.13. The number of amides is 2. The summed E-state index contributed by atoms with van der Waals surface area (Å²) in [5.74, 6) is -1.64. The van der Waals surface area contributed by atoms with E-state index in [0.717, 1.165) is 23.3 Å². The molecule has 0 saturated carbocycles. The quantitative estimate of drug-likeness (QED) is 0.520. The molecule has 4 aromatic rings. The number of anilines is 1. The molecule has 0 saturated heterocycles. The Morgan fingerprint density at radius 1 is 1.17 bits per heavy atom. The molecule has 0 radical (unpaired) electrons. The van der Waals surface area contributed by atoms with Crippen LogP contribution >= 0.6 is 11.3 Å². The van der Waals surface area contributed by atoms with Crippen LogP contribution in [0.1, 0.15) is 11.3 Å². The van der Waals surface area contributed by atoms with Crippen molar-refractivity contribution in [2.75, 3.05) is 5.32 Å². The van der Waals surface area contributed by atoms with Crippen molar-refractivity contribution in [2.45, 2.75) is 13.5 Å². The number of halogens is 2. The molecule has 4 rings (SSSR count). The fourth-order valence-electron chi connectivity index (χ4n) is 2.80. The van der Waals surface area contributed by atoms with Gasteiger partial charge in [0, 0.05) is 17.7 Å². The van der Waals surface area contributed by atoms with Crippen molar-refractivity contribution in [3.05, 3.63) is 81.8 Å². The normalized spacial score (nSPS) is 10.9. The summed E-state index contributed by atoms with van der Waals surface area (Å²) in [5.41, 5.74) is 1.72. The number of hydrogen-bond donors (Lipinski definition) is 2. The SMILES string of the molecule is Cc1ccccc1-c1nn2c(=O)cc(CNC(=O)Nc3ccc(F)cc3F)nc2s1.